The highest BCUT2D eigenvalue weighted by Crippen LogP contribution is 2.26. The van der Waals surface area contributed by atoms with Gasteiger partial charge in [0.15, 0.2) is 11.5 Å². The van der Waals surface area contributed by atoms with Gasteiger partial charge in [-0.1, -0.05) is 31.2 Å². The fourth-order valence-electron chi connectivity index (χ4n) is 4.27. The number of carbonyl (C=O) groups is 1. The second kappa shape index (κ2) is 8.98. The maximum absolute atomic E-state index is 12.7. The molecule has 2 aromatic carbocycles. The van der Waals surface area contributed by atoms with Gasteiger partial charge in [0.2, 0.25) is 0 Å². The first-order chi connectivity index (χ1) is 16.5. The smallest absolute Gasteiger partial charge is 0.255 e. The average Bonchev–Trinajstić information content (AvgIpc) is 3.48. The molecule has 0 aliphatic carbocycles. The van der Waals surface area contributed by atoms with Crippen molar-refractivity contribution in [1.82, 2.24) is 19.3 Å². The highest BCUT2D eigenvalue weighted by molar-refractivity contribution is 6.04. The van der Waals surface area contributed by atoms with E-state index < -0.39 is 0 Å². The number of hydrogen-bond donors (Lipinski definition) is 1. The molecule has 0 bridgehead atoms. The van der Waals surface area contributed by atoms with Crippen LogP contribution in [0.5, 0.6) is 0 Å². The van der Waals surface area contributed by atoms with Gasteiger partial charge in [-0.3, -0.25) is 4.79 Å². The molecule has 0 unspecified atom stereocenters. The van der Waals surface area contributed by atoms with Crippen LogP contribution < -0.4 is 5.32 Å². The van der Waals surface area contributed by atoms with Crippen molar-refractivity contribution in [2.75, 3.05) is 5.32 Å². The monoisotopic (exact) mass is 449 g/mol. The van der Waals surface area contributed by atoms with Crippen LogP contribution in [0.4, 0.5) is 5.69 Å². The van der Waals surface area contributed by atoms with E-state index in [0.29, 0.717) is 12.1 Å². The minimum Gasteiger partial charge on any atom is -0.322 e. The van der Waals surface area contributed by atoms with Gasteiger partial charge in [0.25, 0.3) is 5.91 Å². The lowest BCUT2D eigenvalue weighted by Gasteiger charge is -2.08. The lowest BCUT2D eigenvalue weighted by atomic mass is 10.1. The molecular formula is C28H27N5O. The van der Waals surface area contributed by atoms with Gasteiger partial charge in [-0.2, -0.15) is 5.10 Å². The number of nitrogens with zero attached hydrogens (tertiary/aromatic N) is 4. The summed E-state index contributed by atoms with van der Waals surface area (Å²) in [6.45, 7) is 6.76. The van der Waals surface area contributed by atoms with Crippen molar-refractivity contribution in [3.8, 4) is 5.82 Å². The van der Waals surface area contributed by atoms with E-state index in [0.717, 1.165) is 45.8 Å². The van der Waals surface area contributed by atoms with E-state index in [9.17, 15) is 4.79 Å². The van der Waals surface area contributed by atoms with Gasteiger partial charge >= 0.3 is 0 Å². The predicted molar refractivity (Wildman–Crippen MR) is 136 cm³/mol. The van der Waals surface area contributed by atoms with Crippen LogP contribution >= 0.6 is 0 Å². The topological polar surface area (TPSA) is 64.7 Å². The van der Waals surface area contributed by atoms with Gasteiger partial charge in [0.1, 0.15) is 0 Å². The molecule has 34 heavy (non-hydrogen) atoms. The highest BCUT2D eigenvalue weighted by atomic mass is 16.1. The number of nitrogens with one attached hydrogen (secondary N) is 1. The van der Waals surface area contributed by atoms with Crippen molar-refractivity contribution in [1.29, 1.82) is 0 Å². The number of aromatic nitrogens is 4. The van der Waals surface area contributed by atoms with Gasteiger partial charge in [-0.15, -0.1) is 0 Å². The van der Waals surface area contributed by atoms with Crippen LogP contribution in [0.25, 0.3) is 16.9 Å². The molecule has 0 fully saturated rings. The number of carbonyl (C=O) groups excluding carboxylic acids is 1. The molecule has 0 aliphatic heterocycles. The standard InChI is InChI=1S/C28H27N5O/c1-4-21-8-7-9-24(17-21)30-28(34)23-12-10-22(11-13-23)18-33-26-25(19(2)16-20(3)29-26)27(31-33)32-14-5-6-15-32/h5-17H,4,18H2,1-3H3,(H,30,34). The van der Waals surface area contributed by atoms with E-state index >= 15 is 0 Å². The Kier molecular flexibility index (Phi) is 5.72. The van der Waals surface area contributed by atoms with E-state index in [1.165, 1.54) is 5.56 Å². The lowest BCUT2D eigenvalue weighted by Crippen LogP contribution is -2.12. The Balaban J connectivity index is 1.41. The van der Waals surface area contributed by atoms with Crippen LogP contribution in [0.1, 0.15) is 39.7 Å². The van der Waals surface area contributed by atoms with Crippen molar-refractivity contribution in [3.05, 3.63) is 107 Å². The number of anilines is 1. The summed E-state index contributed by atoms with van der Waals surface area (Å²) < 4.78 is 3.96. The zero-order chi connectivity index (χ0) is 23.7. The number of amides is 1. The normalized spacial score (nSPS) is 11.1. The zero-order valence-corrected chi connectivity index (χ0v) is 19.6. The third kappa shape index (κ3) is 4.22. The molecule has 5 aromatic rings. The summed E-state index contributed by atoms with van der Waals surface area (Å²) in [5, 5.41) is 8.93. The van der Waals surface area contributed by atoms with Crippen LogP contribution in [-0.4, -0.2) is 25.2 Å². The van der Waals surface area contributed by atoms with Crippen LogP contribution in [0.2, 0.25) is 0 Å². The summed E-state index contributed by atoms with van der Waals surface area (Å²) in [5.41, 5.74) is 6.64. The van der Waals surface area contributed by atoms with Crippen LogP contribution in [0.15, 0.2) is 79.1 Å². The van der Waals surface area contributed by atoms with Crippen molar-refractivity contribution >= 4 is 22.6 Å². The first-order valence-electron chi connectivity index (χ1n) is 11.5. The zero-order valence-electron chi connectivity index (χ0n) is 19.6. The number of rotatable bonds is 6. The second-order valence-corrected chi connectivity index (χ2v) is 8.56. The largest absolute Gasteiger partial charge is 0.322 e. The number of pyridine rings is 1. The number of aryl methyl sites for hydroxylation is 3. The van der Waals surface area contributed by atoms with Gasteiger partial charge in [-0.05, 0) is 79.4 Å². The van der Waals surface area contributed by atoms with Crippen molar-refractivity contribution in [2.24, 2.45) is 0 Å². The molecule has 3 aromatic heterocycles. The van der Waals surface area contributed by atoms with Crippen LogP contribution in [0.3, 0.4) is 0 Å². The predicted octanol–water partition coefficient (Wildman–Crippen LogP) is 5.70. The summed E-state index contributed by atoms with van der Waals surface area (Å²) in [5.74, 6) is 0.752. The molecule has 0 saturated heterocycles. The summed E-state index contributed by atoms with van der Waals surface area (Å²) in [7, 11) is 0. The Bertz CT molecular complexity index is 1460. The van der Waals surface area contributed by atoms with Crippen molar-refractivity contribution in [2.45, 2.75) is 33.7 Å². The maximum Gasteiger partial charge on any atom is 0.255 e. The first-order valence-corrected chi connectivity index (χ1v) is 11.5. The molecule has 6 heteroatoms. The van der Waals surface area contributed by atoms with E-state index in [1.807, 2.05) is 83.2 Å². The van der Waals surface area contributed by atoms with Gasteiger partial charge in [0.05, 0.1) is 11.9 Å². The molecule has 6 nitrogen and oxygen atoms in total. The second-order valence-electron chi connectivity index (χ2n) is 8.56. The summed E-state index contributed by atoms with van der Waals surface area (Å²) in [4.78, 5) is 17.5. The Labute approximate surface area is 198 Å². The fraction of sp³-hybridized carbons (Fsp3) is 0.179. The Morgan fingerprint density at radius 3 is 2.44 bits per heavy atom. The number of benzene rings is 2. The van der Waals surface area contributed by atoms with Gasteiger partial charge < -0.3 is 9.88 Å². The van der Waals surface area contributed by atoms with Crippen molar-refractivity contribution < 1.29 is 4.79 Å². The van der Waals surface area contributed by atoms with E-state index in [-0.39, 0.29) is 5.91 Å². The summed E-state index contributed by atoms with van der Waals surface area (Å²) in [6.07, 6.45) is 4.92. The molecule has 0 spiro atoms. The molecule has 0 saturated carbocycles. The molecule has 0 atom stereocenters. The van der Waals surface area contributed by atoms with E-state index in [4.69, 9.17) is 10.1 Å². The Morgan fingerprint density at radius 2 is 1.71 bits per heavy atom. The third-order valence-electron chi connectivity index (χ3n) is 6.00. The average molecular weight is 450 g/mol. The minimum atomic E-state index is -0.118. The minimum absolute atomic E-state index is 0.118. The molecule has 5 rings (SSSR count). The first kappa shape index (κ1) is 21.6. The molecule has 0 aliphatic rings. The fourth-order valence-corrected chi connectivity index (χ4v) is 4.27. The van der Waals surface area contributed by atoms with E-state index in [2.05, 4.69) is 31.3 Å². The third-order valence-corrected chi connectivity index (χ3v) is 6.00. The quantitative estimate of drug-likeness (QED) is 0.362. The lowest BCUT2D eigenvalue weighted by molar-refractivity contribution is 0.102. The van der Waals surface area contributed by atoms with Crippen LogP contribution in [0, 0.1) is 13.8 Å². The van der Waals surface area contributed by atoms with Crippen molar-refractivity contribution in [3.63, 3.8) is 0 Å². The summed E-state index contributed by atoms with van der Waals surface area (Å²) in [6, 6.07) is 21.7. The molecule has 1 N–H and O–H groups in total. The van der Waals surface area contributed by atoms with Crippen LogP contribution in [-0.2, 0) is 13.0 Å². The summed E-state index contributed by atoms with van der Waals surface area (Å²) >= 11 is 0. The molecule has 0 radical (unpaired) electrons. The number of fused-ring (bicyclic) bond motifs is 1. The Morgan fingerprint density at radius 1 is 0.941 bits per heavy atom. The Hall–Kier alpha value is -4.19. The molecule has 3 heterocycles. The molecular weight excluding hydrogens is 422 g/mol. The van der Waals surface area contributed by atoms with E-state index in [1.54, 1.807) is 0 Å². The molecule has 170 valence electrons. The maximum atomic E-state index is 12.7. The SMILES string of the molecule is CCc1cccc(NC(=O)c2ccc(Cn3nc(-n4cccc4)c4c(C)cc(C)nc43)cc2)c1. The van der Waals surface area contributed by atoms with Gasteiger partial charge in [-0.25, -0.2) is 9.67 Å². The highest BCUT2D eigenvalue weighted by Gasteiger charge is 2.16. The molecule has 1 amide bonds. The number of hydrogen-bond acceptors (Lipinski definition) is 3. The van der Waals surface area contributed by atoms with Gasteiger partial charge in [0, 0.05) is 29.3 Å².